The maximum atomic E-state index is 13.7. The Kier molecular flexibility index (Phi) is 4.28. The second-order valence-corrected chi connectivity index (χ2v) is 12.1. The maximum Gasteiger partial charge on any atom is 0.305 e. The van der Waals surface area contributed by atoms with Crippen molar-refractivity contribution in [1.29, 1.82) is 0 Å². The van der Waals surface area contributed by atoms with Crippen LogP contribution >= 0.6 is 23.1 Å². The van der Waals surface area contributed by atoms with Gasteiger partial charge in [0, 0.05) is 21.6 Å². The van der Waals surface area contributed by atoms with Crippen molar-refractivity contribution in [1.82, 2.24) is 4.98 Å². The third kappa shape index (κ3) is 2.61. The minimum atomic E-state index is -0.341. The van der Waals surface area contributed by atoms with Gasteiger partial charge >= 0.3 is 4.87 Å². The normalized spacial score (nSPS) is 33.2. The summed E-state index contributed by atoms with van der Waals surface area (Å²) in [5.74, 6) is -0.615. The van der Waals surface area contributed by atoms with Crippen molar-refractivity contribution < 1.29 is 14.7 Å². The summed E-state index contributed by atoms with van der Waals surface area (Å²) >= 11 is 2.86. The summed E-state index contributed by atoms with van der Waals surface area (Å²) in [6.07, 6.45) is 0.833. The van der Waals surface area contributed by atoms with E-state index in [0.717, 1.165) is 27.5 Å². The summed E-state index contributed by atoms with van der Waals surface area (Å²) in [4.78, 5) is 44.8. The van der Waals surface area contributed by atoms with Crippen molar-refractivity contribution in [2.75, 3.05) is 4.90 Å². The average Bonchev–Trinajstić information content (AvgIpc) is 3.54. The van der Waals surface area contributed by atoms with Crippen LogP contribution in [0.15, 0.2) is 58.4 Å². The molecule has 3 heterocycles. The van der Waals surface area contributed by atoms with Crippen LogP contribution in [0, 0.1) is 36.5 Å². The molecule has 3 fully saturated rings. The first-order chi connectivity index (χ1) is 16.4. The third-order valence-electron chi connectivity index (χ3n) is 8.29. The van der Waals surface area contributed by atoms with Gasteiger partial charge < -0.3 is 10.1 Å². The molecule has 4 aliphatic rings. The fraction of sp³-hybridized carbons (Fsp3) is 0.346. The number of rotatable bonds is 2. The molecule has 2 aliphatic heterocycles. The minimum Gasteiger partial charge on any atom is -0.508 e. The van der Waals surface area contributed by atoms with E-state index < -0.39 is 0 Å². The van der Waals surface area contributed by atoms with E-state index in [2.05, 4.69) is 4.98 Å². The molecule has 2 N–H and O–H groups in total. The standard InChI is InChI=1S/C26H22N2O4S2/c1-11-6-8-12(9-7-11)28-24(30)19-14-10-15(20(19)25(28)31)21-18(14)17(13-4-2-3-5-16(13)29)22-23(33-21)27-26(32)34-22/h2-9,14-15,17-21,29H,10H2,1H3,(H,27,32)/t14-,15-,17-,18-,19+,20-,21+/m1/s1. The molecule has 2 aliphatic carbocycles. The van der Waals surface area contributed by atoms with Gasteiger partial charge in [0.05, 0.1) is 22.5 Å². The predicted molar refractivity (Wildman–Crippen MR) is 130 cm³/mol. The van der Waals surface area contributed by atoms with Crippen molar-refractivity contribution in [3.05, 3.63) is 74.2 Å². The number of aromatic nitrogens is 1. The molecule has 7 rings (SSSR count). The highest BCUT2D eigenvalue weighted by molar-refractivity contribution is 8.00. The number of carbonyl (C=O) groups excluding carboxylic acids is 2. The average molecular weight is 491 g/mol. The Bertz CT molecular complexity index is 1410. The second-order valence-electron chi connectivity index (χ2n) is 9.87. The Hall–Kier alpha value is -2.84. The van der Waals surface area contributed by atoms with Gasteiger partial charge in [0.25, 0.3) is 0 Å². The van der Waals surface area contributed by atoms with Gasteiger partial charge in [-0.3, -0.25) is 19.3 Å². The van der Waals surface area contributed by atoms with Crippen molar-refractivity contribution >= 4 is 40.6 Å². The Labute approximate surface area is 204 Å². The number of fused-ring (bicyclic) bond motifs is 9. The molecule has 0 radical (unpaired) electrons. The van der Waals surface area contributed by atoms with Gasteiger partial charge in [-0.05, 0) is 49.3 Å². The van der Waals surface area contributed by atoms with Crippen LogP contribution in [0.1, 0.15) is 28.3 Å². The van der Waals surface area contributed by atoms with Crippen LogP contribution in [-0.2, 0) is 9.59 Å². The quantitative estimate of drug-likeness (QED) is 0.527. The number of hydrogen-bond donors (Lipinski definition) is 2. The van der Waals surface area contributed by atoms with Crippen LogP contribution < -0.4 is 9.77 Å². The fourth-order valence-electron chi connectivity index (χ4n) is 7.06. The number of aromatic hydroxyl groups is 1. The fourth-order valence-corrected chi connectivity index (χ4v) is 9.94. The van der Waals surface area contributed by atoms with Gasteiger partial charge in [0.1, 0.15) is 5.75 Å². The van der Waals surface area contributed by atoms with Gasteiger partial charge in [-0.1, -0.05) is 47.2 Å². The number of phenols is 1. The SMILES string of the molecule is Cc1ccc(N2C(=O)[C@@H]3[C@H]4C[C@@H]([C@@H]3C2=O)[C@@H]2[C@@H](c3ccccc3O)c3sc(=O)[nH]c3S[C@@H]42)cc1. The molecule has 34 heavy (non-hydrogen) atoms. The largest absolute Gasteiger partial charge is 0.508 e. The number of carbonyl (C=O) groups is 2. The molecule has 2 saturated carbocycles. The number of amides is 2. The van der Waals surface area contributed by atoms with Gasteiger partial charge in [-0.2, -0.15) is 0 Å². The lowest BCUT2D eigenvalue weighted by Gasteiger charge is -2.43. The lowest BCUT2D eigenvalue weighted by Crippen LogP contribution is -2.42. The zero-order valence-corrected chi connectivity index (χ0v) is 19.9. The molecule has 8 heteroatoms. The Morgan fingerprint density at radius 2 is 1.68 bits per heavy atom. The zero-order valence-electron chi connectivity index (χ0n) is 18.3. The number of nitrogens with one attached hydrogen (secondary N) is 1. The first-order valence-electron chi connectivity index (χ1n) is 11.6. The third-order valence-corrected chi connectivity index (χ3v) is 10.9. The number of H-pyrrole nitrogens is 1. The number of thiazole rings is 1. The number of nitrogens with zero attached hydrogens (tertiary/aromatic N) is 1. The number of aryl methyl sites for hydroxylation is 1. The number of thioether (sulfide) groups is 1. The van der Waals surface area contributed by atoms with Crippen LogP contribution in [0.3, 0.4) is 0 Å². The zero-order chi connectivity index (χ0) is 23.3. The van der Waals surface area contributed by atoms with E-state index in [4.69, 9.17) is 0 Å². The summed E-state index contributed by atoms with van der Waals surface area (Å²) in [5, 5.41) is 11.7. The van der Waals surface area contributed by atoms with Crippen LogP contribution in [0.5, 0.6) is 5.75 Å². The lowest BCUT2D eigenvalue weighted by atomic mass is 9.68. The van der Waals surface area contributed by atoms with Gasteiger partial charge in [-0.25, -0.2) is 0 Å². The highest BCUT2D eigenvalue weighted by atomic mass is 32.2. The number of benzene rings is 2. The highest BCUT2D eigenvalue weighted by Crippen LogP contribution is 2.69. The van der Waals surface area contributed by atoms with Crippen molar-refractivity contribution in [2.24, 2.45) is 29.6 Å². The molecule has 1 aromatic heterocycles. The molecular formula is C26H22N2O4S2. The lowest BCUT2D eigenvalue weighted by molar-refractivity contribution is -0.123. The minimum absolute atomic E-state index is 0.0364. The van der Waals surface area contributed by atoms with Gasteiger partial charge in [0.2, 0.25) is 11.8 Å². The summed E-state index contributed by atoms with van der Waals surface area (Å²) in [7, 11) is 0. The Balaban J connectivity index is 1.34. The first kappa shape index (κ1) is 20.5. The molecule has 172 valence electrons. The molecule has 1 saturated heterocycles. The predicted octanol–water partition coefficient (Wildman–Crippen LogP) is 4.13. The molecule has 0 unspecified atom stereocenters. The van der Waals surface area contributed by atoms with Crippen LogP contribution in [-0.4, -0.2) is 27.2 Å². The van der Waals surface area contributed by atoms with E-state index in [1.54, 1.807) is 23.9 Å². The maximum absolute atomic E-state index is 13.7. The van der Waals surface area contributed by atoms with Crippen LogP contribution in [0.2, 0.25) is 0 Å². The second kappa shape index (κ2) is 7.09. The molecule has 2 aromatic carbocycles. The molecular weight excluding hydrogens is 468 g/mol. The summed E-state index contributed by atoms with van der Waals surface area (Å²) < 4.78 is 0. The summed E-state index contributed by atoms with van der Waals surface area (Å²) in [6.45, 7) is 1.98. The molecule has 2 bridgehead atoms. The molecule has 2 amide bonds. The molecule has 3 aromatic rings. The topological polar surface area (TPSA) is 90.5 Å². The van der Waals surface area contributed by atoms with Gasteiger partial charge in [0.15, 0.2) is 0 Å². The van der Waals surface area contributed by atoms with E-state index in [9.17, 15) is 19.5 Å². The van der Waals surface area contributed by atoms with E-state index >= 15 is 0 Å². The van der Waals surface area contributed by atoms with E-state index in [0.29, 0.717) is 5.69 Å². The monoisotopic (exact) mass is 490 g/mol. The Morgan fingerprint density at radius 3 is 2.41 bits per heavy atom. The number of phenolic OH excluding ortho intramolecular Hbond substituents is 1. The summed E-state index contributed by atoms with van der Waals surface area (Å²) in [5.41, 5.74) is 2.52. The van der Waals surface area contributed by atoms with Crippen LogP contribution in [0.25, 0.3) is 0 Å². The highest BCUT2D eigenvalue weighted by Gasteiger charge is 2.69. The van der Waals surface area contributed by atoms with Crippen molar-refractivity contribution in [3.8, 4) is 5.75 Å². The van der Waals surface area contributed by atoms with Crippen molar-refractivity contribution in [3.63, 3.8) is 0 Å². The number of aromatic amines is 1. The smallest absolute Gasteiger partial charge is 0.305 e. The number of para-hydroxylation sites is 1. The molecule has 7 atom stereocenters. The van der Waals surface area contributed by atoms with E-state index in [-0.39, 0.29) is 63.2 Å². The van der Waals surface area contributed by atoms with Gasteiger partial charge in [-0.15, -0.1) is 11.8 Å². The number of anilines is 1. The van der Waals surface area contributed by atoms with E-state index in [1.165, 1.54) is 16.2 Å². The Morgan fingerprint density at radius 1 is 0.971 bits per heavy atom. The summed E-state index contributed by atoms with van der Waals surface area (Å²) in [6, 6.07) is 14.9. The van der Waals surface area contributed by atoms with Crippen LogP contribution in [0.4, 0.5) is 5.69 Å². The van der Waals surface area contributed by atoms with Crippen molar-refractivity contribution in [2.45, 2.75) is 29.5 Å². The number of hydrogen-bond acceptors (Lipinski definition) is 6. The first-order valence-corrected chi connectivity index (χ1v) is 13.3. The molecule has 0 spiro atoms. The van der Waals surface area contributed by atoms with E-state index in [1.807, 2.05) is 43.3 Å². The molecule has 6 nitrogen and oxygen atoms in total. The number of imide groups is 1.